The van der Waals surface area contributed by atoms with Crippen molar-refractivity contribution in [1.82, 2.24) is 0 Å². The molecule has 0 saturated carbocycles. The quantitative estimate of drug-likeness (QED) is 0.0233. The second-order valence-electron chi connectivity index (χ2n) is 16.8. The minimum atomic E-state index is -4.64. The maximum atomic E-state index is 12.4. The van der Waals surface area contributed by atoms with Gasteiger partial charge in [-0.3, -0.25) is 18.6 Å². The normalized spacial score (nSPS) is 14.0. The number of ether oxygens (including phenoxy) is 2. The van der Waals surface area contributed by atoms with Gasteiger partial charge in [-0.2, -0.15) is 0 Å². The van der Waals surface area contributed by atoms with Gasteiger partial charge in [-0.1, -0.05) is 185 Å². The Balaban J connectivity index is 3.84. The van der Waals surface area contributed by atoms with Crippen LogP contribution in [0.25, 0.3) is 0 Å². The molecule has 0 aromatic rings. The molecule has 0 aromatic heterocycles. The molecule has 0 saturated heterocycles. The van der Waals surface area contributed by atoms with Gasteiger partial charge < -0.3 is 24.6 Å². The molecule has 0 aliphatic heterocycles. The molecule has 0 bridgehead atoms. The van der Waals surface area contributed by atoms with E-state index < -0.39 is 58.4 Å². The topological polar surface area (TPSA) is 149 Å². The number of carbonyl (C=O) groups is 2. The van der Waals surface area contributed by atoms with Gasteiger partial charge in [0.25, 0.3) is 0 Å². The van der Waals surface area contributed by atoms with E-state index in [1.165, 1.54) is 128 Å². The molecular weight excluding hydrogens is 792 g/mol. The van der Waals surface area contributed by atoms with Gasteiger partial charge in [0, 0.05) is 12.8 Å². The number of carbonyl (C=O) groups excluding carboxylic acids is 2. The molecule has 11 heteroatoms. The Morgan fingerprint density at radius 1 is 0.443 bits per heavy atom. The monoisotopic (exact) mass is 885 g/mol. The van der Waals surface area contributed by atoms with Crippen molar-refractivity contribution >= 4 is 19.8 Å². The lowest BCUT2D eigenvalue weighted by Gasteiger charge is -2.20. The standard InChI is InChI=1S/C50H93O10P/c1-3-5-7-9-11-13-15-17-19-20-21-22-23-24-25-26-28-30-32-34-36-38-40-42-50(54)60-48(44-52)46-58-61(55,56)57-45-47(43-51)59-49(53)41-39-37-35-33-31-29-27-18-16-14-12-10-8-6-4-2/h15,17-18,20-21,27,47-48,51-52H,3-14,16,19,22-26,28-46H2,1-2H3,(H,55,56)/b17-15-,21-20-,27-18-. The highest BCUT2D eigenvalue weighted by molar-refractivity contribution is 7.47. The fourth-order valence-electron chi connectivity index (χ4n) is 6.96. The summed E-state index contributed by atoms with van der Waals surface area (Å²) in [6, 6.07) is 0. The molecule has 0 amide bonds. The average molecular weight is 885 g/mol. The number of phosphoric ester groups is 1. The van der Waals surface area contributed by atoms with Gasteiger partial charge in [0.1, 0.15) is 12.2 Å². The highest BCUT2D eigenvalue weighted by Gasteiger charge is 2.27. The summed E-state index contributed by atoms with van der Waals surface area (Å²) >= 11 is 0. The molecule has 61 heavy (non-hydrogen) atoms. The van der Waals surface area contributed by atoms with E-state index in [0.29, 0.717) is 12.8 Å². The molecule has 10 nitrogen and oxygen atoms in total. The molecule has 0 radical (unpaired) electrons. The summed E-state index contributed by atoms with van der Waals surface area (Å²) in [4.78, 5) is 34.6. The number of aliphatic hydroxyl groups excluding tert-OH is 2. The van der Waals surface area contributed by atoms with Crippen molar-refractivity contribution in [3.63, 3.8) is 0 Å². The van der Waals surface area contributed by atoms with E-state index in [4.69, 9.17) is 18.5 Å². The molecule has 0 spiro atoms. The fourth-order valence-corrected chi connectivity index (χ4v) is 7.75. The summed E-state index contributed by atoms with van der Waals surface area (Å²) < 4.78 is 32.7. The molecule has 3 N–H and O–H groups in total. The molecule has 3 atom stereocenters. The Hall–Kier alpha value is -1.81. The van der Waals surface area contributed by atoms with Gasteiger partial charge in [-0.05, 0) is 70.6 Å². The molecule has 0 fully saturated rings. The van der Waals surface area contributed by atoms with E-state index in [1.807, 2.05) is 0 Å². The van der Waals surface area contributed by atoms with Crippen LogP contribution in [-0.4, -0.2) is 65.7 Å². The number of phosphoric acid groups is 1. The van der Waals surface area contributed by atoms with Gasteiger partial charge in [0.2, 0.25) is 0 Å². The Morgan fingerprint density at radius 3 is 1.03 bits per heavy atom. The SMILES string of the molecule is CCCCCCC/C=C\C/C=C\CCCCCCCCCCCCCC(=O)OC(CO)COP(=O)(O)OCC(CO)OC(=O)CCCCCCC/C=C\CCCCCCCC. The van der Waals surface area contributed by atoms with Crippen molar-refractivity contribution < 1.29 is 47.8 Å². The summed E-state index contributed by atoms with van der Waals surface area (Å²) in [5, 5.41) is 19.2. The third-order valence-electron chi connectivity index (χ3n) is 10.8. The number of aliphatic hydroxyl groups is 2. The van der Waals surface area contributed by atoms with Crippen LogP contribution in [0, 0.1) is 0 Å². The predicted octanol–water partition coefficient (Wildman–Crippen LogP) is 13.9. The van der Waals surface area contributed by atoms with Crippen molar-refractivity contribution in [2.24, 2.45) is 0 Å². The molecule has 0 heterocycles. The van der Waals surface area contributed by atoms with Gasteiger partial charge in [-0.25, -0.2) is 4.57 Å². The fraction of sp³-hybridized carbons (Fsp3) is 0.840. The zero-order chi connectivity index (χ0) is 44.8. The lowest BCUT2D eigenvalue weighted by molar-refractivity contribution is -0.153. The molecule has 0 rings (SSSR count). The Labute approximate surface area is 373 Å². The number of hydrogen-bond acceptors (Lipinski definition) is 9. The molecular formula is C50H93O10P. The summed E-state index contributed by atoms with van der Waals surface area (Å²) in [5.74, 6) is -1.02. The Bertz CT molecular complexity index is 1110. The van der Waals surface area contributed by atoms with E-state index in [9.17, 15) is 29.3 Å². The van der Waals surface area contributed by atoms with Crippen LogP contribution < -0.4 is 0 Å². The van der Waals surface area contributed by atoms with Gasteiger partial charge >= 0.3 is 19.8 Å². The van der Waals surface area contributed by atoms with Crippen LogP contribution in [0.1, 0.15) is 232 Å². The van der Waals surface area contributed by atoms with Gasteiger partial charge in [0.05, 0.1) is 26.4 Å². The second kappa shape index (κ2) is 46.2. The number of hydrogen-bond donors (Lipinski definition) is 3. The first-order valence-corrected chi connectivity index (χ1v) is 26.4. The lowest BCUT2D eigenvalue weighted by atomic mass is 10.0. The van der Waals surface area contributed by atoms with Gasteiger partial charge in [0.15, 0.2) is 0 Å². The highest BCUT2D eigenvalue weighted by Crippen LogP contribution is 2.43. The van der Waals surface area contributed by atoms with Crippen LogP contribution in [0.4, 0.5) is 0 Å². The zero-order valence-electron chi connectivity index (χ0n) is 39.1. The maximum absolute atomic E-state index is 12.4. The average Bonchev–Trinajstić information content (AvgIpc) is 3.25. The third-order valence-corrected chi connectivity index (χ3v) is 11.8. The number of unbranched alkanes of at least 4 members (excludes halogenated alkanes) is 27. The maximum Gasteiger partial charge on any atom is 0.472 e. The second-order valence-corrected chi connectivity index (χ2v) is 18.2. The first kappa shape index (κ1) is 59.2. The van der Waals surface area contributed by atoms with Crippen molar-refractivity contribution in [2.75, 3.05) is 26.4 Å². The first-order valence-electron chi connectivity index (χ1n) is 24.9. The molecule has 0 aliphatic carbocycles. The Morgan fingerprint density at radius 2 is 0.721 bits per heavy atom. The van der Waals surface area contributed by atoms with Crippen LogP contribution in [0.2, 0.25) is 0 Å². The molecule has 0 aliphatic rings. The lowest BCUT2D eigenvalue weighted by Crippen LogP contribution is -2.28. The van der Waals surface area contributed by atoms with E-state index in [1.54, 1.807) is 0 Å². The van der Waals surface area contributed by atoms with Crippen molar-refractivity contribution in [1.29, 1.82) is 0 Å². The van der Waals surface area contributed by atoms with Crippen LogP contribution in [-0.2, 0) is 32.7 Å². The van der Waals surface area contributed by atoms with E-state index >= 15 is 0 Å². The Kier molecular flexibility index (Phi) is 44.8. The minimum absolute atomic E-state index is 0.183. The number of rotatable bonds is 47. The van der Waals surface area contributed by atoms with E-state index in [-0.39, 0.29) is 12.8 Å². The number of esters is 2. The zero-order valence-corrected chi connectivity index (χ0v) is 40.0. The summed E-state index contributed by atoms with van der Waals surface area (Å²) in [7, 11) is -4.64. The van der Waals surface area contributed by atoms with Gasteiger partial charge in [-0.15, -0.1) is 0 Å². The third kappa shape index (κ3) is 44.6. The van der Waals surface area contributed by atoms with Crippen LogP contribution in [0.3, 0.4) is 0 Å². The smallest absolute Gasteiger partial charge is 0.457 e. The first-order chi connectivity index (χ1) is 29.8. The van der Waals surface area contributed by atoms with Crippen molar-refractivity contribution in [2.45, 2.75) is 244 Å². The molecule has 3 unspecified atom stereocenters. The summed E-state index contributed by atoms with van der Waals surface area (Å²) in [6.07, 6.45) is 49.7. The van der Waals surface area contributed by atoms with Crippen LogP contribution in [0.15, 0.2) is 36.5 Å². The van der Waals surface area contributed by atoms with Crippen molar-refractivity contribution in [3.8, 4) is 0 Å². The van der Waals surface area contributed by atoms with Crippen molar-refractivity contribution in [3.05, 3.63) is 36.5 Å². The van der Waals surface area contributed by atoms with Crippen LogP contribution >= 0.6 is 7.82 Å². The summed E-state index contributed by atoms with van der Waals surface area (Å²) in [5.41, 5.74) is 0. The van der Waals surface area contributed by atoms with E-state index in [2.05, 4.69) is 50.3 Å². The minimum Gasteiger partial charge on any atom is -0.457 e. The van der Waals surface area contributed by atoms with Crippen LogP contribution in [0.5, 0.6) is 0 Å². The summed E-state index contributed by atoms with van der Waals surface area (Å²) in [6.45, 7) is 2.21. The molecule has 0 aromatic carbocycles. The number of allylic oxidation sites excluding steroid dienone is 6. The molecule has 358 valence electrons. The highest BCUT2D eigenvalue weighted by atomic mass is 31.2. The largest absolute Gasteiger partial charge is 0.472 e. The predicted molar refractivity (Wildman–Crippen MR) is 251 cm³/mol. The van der Waals surface area contributed by atoms with E-state index in [0.717, 1.165) is 64.2 Å².